The minimum atomic E-state index is -1.26. The van der Waals surface area contributed by atoms with Crippen LogP contribution in [-0.4, -0.2) is 17.0 Å². The number of rotatable bonds is 6. The molecule has 0 fully saturated rings. The number of carboxylic acid groups (broad SMARTS) is 1. The maximum Gasteiger partial charge on any atom is 0.372 e. The number of carboxylic acids is 1. The first-order valence-corrected chi connectivity index (χ1v) is 8.90. The summed E-state index contributed by atoms with van der Waals surface area (Å²) in [5.74, 6) is -2.26. The molecule has 0 amide bonds. The first kappa shape index (κ1) is 21.7. The summed E-state index contributed by atoms with van der Waals surface area (Å²) in [4.78, 5) is 22.1. The number of allylic oxidation sites excluding steroid dienone is 9. The zero-order chi connectivity index (χ0) is 19.9. The van der Waals surface area contributed by atoms with Crippen molar-refractivity contribution in [3.05, 3.63) is 58.4 Å². The van der Waals surface area contributed by atoms with E-state index in [1.807, 2.05) is 13.0 Å². The summed E-state index contributed by atoms with van der Waals surface area (Å²) in [6, 6.07) is 0. The minimum absolute atomic E-state index is 0.203. The van der Waals surface area contributed by atoms with Gasteiger partial charge in [-0.1, -0.05) is 55.4 Å². The molecule has 142 valence electrons. The lowest BCUT2D eigenvalue weighted by Gasteiger charge is -2.32. The molecule has 0 unspecified atom stereocenters. The second kappa shape index (κ2) is 9.37. The number of aliphatic carboxylic acids is 1. The fraction of sp³-hybridized carbons (Fsp3) is 0.455. The third kappa shape index (κ3) is 6.51. The van der Waals surface area contributed by atoms with Crippen LogP contribution >= 0.6 is 0 Å². The molecule has 1 aliphatic rings. The normalized spacial score (nSPS) is 19.1. The monoisotopic (exact) mass is 358 g/mol. The highest BCUT2D eigenvalue weighted by molar-refractivity contribution is 5.88. The Morgan fingerprint density at radius 3 is 2.35 bits per heavy atom. The van der Waals surface area contributed by atoms with Gasteiger partial charge in [0.25, 0.3) is 0 Å². The van der Waals surface area contributed by atoms with Gasteiger partial charge in [-0.15, -0.1) is 0 Å². The van der Waals surface area contributed by atoms with E-state index >= 15 is 0 Å². The van der Waals surface area contributed by atoms with Crippen molar-refractivity contribution in [1.29, 1.82) is 0 Å². The molecule has 1 aliphatic carbocycles. The second-order valence-corrected chi connectivity index (χ2v) is 7.45. The summed E-state index contributed by atoms with van der Waals surface area (Å²) in [7, 11) is 0. The molecule has 1 N–H and O–H groups in total. The van der Waals surface area contributed by atoms with Gasteiger partial charge in [-0.05, 0) is 56.6 Å². The summed E-state index contributed by atoms with van der Waals surface area (Å²) in [5.41, 5.74) is 4.49. The number of ether oxygens (including phenoxy) is 1. The summed E-state index contributed by atoms with van der Waals surface area (Å²) in [5, 5.41) is 9.10. The molecule has 0 atom stereocenters. The molecule has 0 saturated heterocycles. The molecule has 0 aliphatic heterocycles. The van der Waals surface area contributed by atoms with Gasteiger partial charge < -0.3 is 9.84 Å². The van der Waals surface area contributed by atoms with Gasteiger partial charge in [-0.25, -0.2) is 4.79 Å². The molecular formula is C22H30O4. The Hall–Kier alpha value is -2.36. The van der Waals surface area contributed by atoms with Crippen molar-refractivity contribution in [1.82, 2.24) is 0 Å². The third-order valence-corrected chi connectivity index (χ3v) is 4.56. The van der Waals surface area contributed by atoms with E-state index in [2.05, 4.69) is 32.9 Å². The lowest BCUT2D eigenvalue weighted by Crippen LogP contribution is -2.19. The topological polar surface area (TPSA) is 63.6 Å². The van der Waals surface area contributed by atoms with Crippen molar-refractivity contribution in [2.24, 2.45) is 5.41 Å². The van der Waals surface area contributed by atoms with Crippen molar-refractivity contribution >= 4 is 11.9 Å². The van der Waals surface area contributed by atoms with E-state index in [0.717, 1.165) is 12.0 Å². The van der Waals surface area contributed by atoms with Gasteiger partial charge in [0, 0.05) is 6.92 Å². The zero-order valence-electron chi connectivity index (χ0n) is 16.7. The smallest absolute Gasteiger partial charge is 0.372 e. The van der Waals surface area contributed by atoms with Crippen molar-refractivity contribution < 1.29 is 19.4 Å². The molecule has 1 rings (SSSR count). The molecule has 4 heteroatoms. The lowest BCUT2D eigenvalue weighted by molar-refractivity contribution is -0.146. The number of hydrogen-bond acceptors (Lipinski definition) is 3. The predicted octanol–water partition coefficient (Wildman–Crippen LogP) is 5.49. The van der Waals surface area contributed by atoms with Gasteiger partial charge in [-0.2, -0.15) is 0 Å². The number of esters is 1. The van der Waals surface area contributed by atoms with Gasteiger partial charge in [0.15, 0.2) is 0 Å². The molecule has 26 heavy (non-hydrogen) atoms. The Morgan fingerprint density at radius 2 is 1.81 bits per heavy atom. The summed E-state index contributed by atoms with van der Waals surface area (Å²) in [6.07, 6.45) is 13.2. The van der Waals surface area contributed by atoms with Crippen LogP contribution in [0.4, 0.5) is 0 Å². The van der Waals surface area contributed by atoms with E-state index < -0.39 is 11.9 Å². The van der Waals surface area contributed by atoms with Crippen molar-refractivity contribution in [3.8, 4) is 0 Å². The number of carbonyl (C=O) groups is 2. The average Bonchev–Trinajstić information content (AvgIpc) is 2.50. The van der Waals surface area contributed by atoms with Crippen molar-refractivity contribution in [3.63, 3.8) is 0 Å². The van der Waals surface area contributed by atoms with Crippen LogP contribution in [0.5, 0.6) is 0 Å². The molecule has 0 aromatic heterocycles. The predicted molar refractivity (Wildman–Crippen MR) is 104 cm³/mol. The average molecular weight is 358 g/mol. The maximum absolute atomic E-state index is 11.1. The quantitative estimate of drug-likeness (QED) is 0.295. The van der Waals surface area contributed by atoms with Crippen molar-refractivity contribution in [2.75, 3.05) is 0 Å². The Labute approximate surface area is 156 Å². The fourth-order valence-corrected chi connectivity index (χ4v) is 3.14. The van der Waals surface area contributed by atoms with Gasteiger partial charge in [0.05, 0.1) is 0 Å². The SMILES string of the molecule is CC(=O)OC(C(=O)O)=C(C)C=CC=C(C)C=CC1=C(C)CCCC1(C)C. The van der Waals surface area contributed by atoms with Crippen LogP contribution in [0.2, 0.25) is 0 Å². The first-order valence-electron chi connectivity index (χ1n) is 8.90. The summed E-state index contributed by atoms with van der Waals surface area (Å²) in [6.45, 7) is 11.5. The Bertz CT molecular complexity index is 712. The third-order valence-electron chi connectivity index (χ3n) is 4.56. The Kier molecular flexibility index (Phi) is 7.81. The lowest BCUT2D eigenvalue weighted by atomic mass is 9.72. The van der Waals surface area contributed by atoms with Crippen LogP contribution in [0.1, 0.15) is 60.8 Å². The van der Waals surface area contributed by atoms with Crippen LogP contribution in [-0.2, 0) is 14.3 Å². The number of carbonyl (C=O) groups excluding carboxylic acids is 1. The van der Waals surface area contributed by atoms with Crippen LogP contribution in [0.25, 0.3) is 0 Å². The van der Waals surface area contributed by atoms with Gasteiger partial charge in [0.1, 0.15) is 0 Å². The molecule has 0 heterocycles. The molecule has 0 spiro atoms. The summed E-state index contributed by atoms with van der Waals surface area (Å²) >= 11 is 0. The van der Waals surface area contributed by atoms with Crippen LogP contribution in [0, 0.1) is 5.41 Å². The summed E-state index contributed by atoms with van der Waals surface area (Å²) < 4.78 is 4.74. The standard InChI is InChI=1S/C22H30O4/c1-15(12-13-19-16(2)11-8-14-22(19,5)6)9-7-10-17(3)20(21(24)25)26-18(4)23/h7,9-10,12-13H,8,11,14H2,1-6H3,(H,24,25). The highest BCUT2D eigenvalue weighted by Crippen LogP contribution is 2.40. The molecule has 0 saturated carbocycles. The van der Waals surface area contributed by atoms with Crippen LogP contribution in [0.3, 0.4) is 0 Å². The molecule has 0 bridgehead atoms. The Balaban J connectivity index is 2.92. The van der Waals surface area contributed by atoms with Gasteiger partial charge >= 0.3 is 11.9 Å². The molecule has 4 nitrogen and oxygen atoms in total. The molecule has 0 aromatic carbocycles. The highest BCUT2D eigenvalue weighted by atomic mass is 16.6. The zero-order valence-corrected chi connectivity index (χ0v) is 16.7. The maximum atomic E-state index is 11.1. The van der Waals surface area contributed by atoms with Crippen LogP contribution < -0.4 is 0 Å². The molecule has 0 aromatic rings. The van der Waals surface area contributed by atoms with Gasteiger partial charge in [0.2, 0.25) is 5.76 Å². The van der Waals surface area contributed by atoms with E-state index in [-0.39, 0.29) is 11.2 Å². The minimum Gasteiger partial charge on any atom is -0.475 e. The highest BCUT2D eigenvalue weighted by Gasteiger charge is 2.26. The first-order chi connectivity index (χ1) is 12.0. The van der Waals surface area contributed by atoms with E-state index in [0.29, 0.717) is 5.57 Å². The van der Waals surface area contributed by atoms with E-state index in [1.54, 1.807) is 19.1 Å². The largest absolute Gasteiger partial charge is 0.475 e. The number of hydrogen-bond donors (Lipinski definition) is 1. The fourth-order valence-electron chi connectivity index (χ4n) is 3.14. The molecule has 0 radical (unpaired) electrons. The van der Waals surface area contributed by atoms with E-state index in [9.17, 15) is 9.59 Å². The van der Waals surface area contributed by atoms with Crippen LogP contribution in [0.15, 0.2) is 58.4 Å². The molecular weight excluding hydrogens is 328 g/mol. The van der Waals surface area contributed by atoms with E-state index in [1.165, 1.54) is 30.9 Å². The van der Waals surface area contributed by atoms with Gasteiger partial charge in [-0.3, -0.25) is 4.79 Å². The Morgan fingerprint density at radius 1 is 1.15 bits per heavy atom. The second-order valence-electron chi connectivity index (χ2n) is 7.45. The van der Waals surface area contributed by atoms with E-state index in [4.69, 9.17) is 9.84 Å². The van der Waals surface area contributed by atoms with Crippen molar-refractivity contribution in [2.45, 2.75) is 60.8 Å².